The highest BCUT2D eigenvalue weighted by atomic mass is 16.5. The standard InChI is InChI=1S/C16H20N2O4/c1-11-3-2-4-13-12(9-18-16(11)13)5-6-14(19)17-7-8-22-10-15(20)21/h2-4,9,18H,5-8,10H2,1H3,(H,17,19)(H,20,21). The maximum Gasteiger partial charge on any atom is 0.329 e. The molecular formula is C16H20N2O4. The molecule has 0 saturated heterocycles. The first-order valence-electron chi connectivity index (χ1n) is 7.19. The average Bonchev–Trinajstić information content (AvgIpc) is 2.89. The van der Waals surface area contributed by atoms with E-state index < -0.39 is 5.97 Å². The third-order valence-corrected chi connectivity index (χ3v) is 3.42. The second kappa shape index (κ2) is 7.61. The first kappa shape index (κ1) is 16.0. The number of aryl methyl sites for hydroxylation is 2. The van der Waals surface area contributed by atoms with Gasteiger partial charge in [0.05, 0.1) is 6.61 Å². The number of carbonyl (C=O) groups is 2. The van der Waals surface area contributed by atoms with Gasteiger partial charge < -0.3 is 20.1 Å². The minimum absolute atomic E-state index is 0.0686. The molecule has 0 aliphatic rings. The summed E-state index contributed by atoms with van der Waals surface area (Å²) in [7, 11) is 0. The van der Waals surface area contributed by atoms with Gasteiger partial charge in [0.15, 0.2) is 0 Å². The molecule has 0 spiro atoms. The molecule has 0 saturated carbocycles. The Morgan fingerprint density at radius 1 is 1.36 bits per heavy atom. The van der Waals surface area contributed by atoms with Crippen LogP contribution in [0.15, 0.2) is 24.4 Å². The lowest BCUT2D eigenvalue weighted by molar-refractivity contribution is -0.142. The lowest BCUT2D eigenvalue weighted by atomic mass is 10.1. The van der Waals surface area contributed by atoms with Crippen LogP contribution >= 0.6 is 0 Å². The normalized spacial score (nSPS) is 10.8. The van der Waals surface area contributed by atoms with E-state index in [1.807, 2.05) is 31.3 Å². The van der Waals surface area contributed by atoms with Crippen LogP contribution in [0.5, 0.6) is 0 Å². The zero-order chi connectivity index (χ0) is 15.9. The van der Waals surface area contributed by atoms with E-state index >= 15 is 0 Å². The second-order valence-electron chi connectivity index (χ2n) is 5.11. The maximum absolute atomic E-state index is 11.7. The topological polar surface area (TPSA) is 91.4 Å². The van der Waals surface area contributed by atoms with Gasteiger partial charge in [0, 0.05) is 30.1 Å². The van der Waals surface area contributed by atoms with Crippen LogP contribution in [0.1, 0.15) is 17.5 Å². The molecule has 22 heavy (non-hydrogen) atoms. The zero-order valence-electron chi connectivity index (χ0n) is 12.5. The number of H-pyrrole nitrogens is 1. The summed E-state index contributed by atoms with van der Waals surface area (Å²) in [6.45, 7) is 2.22. The first-order valence-corrected chi connectivity index (χ1v) is 7.19. The Morgan fingerprint density at radius 3 is 2.95 bits per heavy atom. The van der Waals surface area contributed by atoms with Gasteiger partial charge in [-0.2, -0.15) is 0 Å². The lowest BCUT2D eigenvalue weighted by Gasteiger charge is -2.05. The lowest BCUT2D eigenvalue weighted by Crippen LogP contribution is -2.28. The smallest absolute Gasteiger partial charge is 0.329 e. The molecule has 1 heterocycles. The fraction of sp³-hybridized carbons (Fsp3) is 0.375. The molecule has 0 aliphatic heterocycles. The van der Waals surface area contributed by atoms with Crippen molar-refractivity contribution in [1.82, 2.24) is 10.3 Å². The summed E-state index contributed by atoms with van der Waals surface area (Å²) in [4.78, 5) is 25.2. The number of hydrogen-bond acceptors (Lipinski definition) is 3. The van der Waals surface area contributed by atoms with Crippen molar-refractivity contribution in [2.45, 2.75) is 19.8 Å². The Hall–Kier alpha value is -2.34. The molecule has 0 fully saturated rings. The first-order chi connectivity index (χ1) is 10.6. The van der Waals surface area contributed by atoms with Crippen molar-refractivity contribution in [1.29, 1.82) is 0 Å². The summed E-state index contributed by atoms with van der Waals surface area (Å²) in [5.74, 6) is -1.08. The average molecular weight is 304 g/mol. The van der Waals surface area contributed by atoms with Crippen molar-refractivity contribution in [3.05, 3.63) is 35.5 Å². The molecule has 0 bridgehead atoms. The summed E-state index contributed by atoms with van der Waals surface area (Å²) in [5, 5.41) is 12.3. The van der Waals surface area contributed by atoms with Crippen LogP contribution in [0.25, 0.3) is 10.9 Å². The molecule has 0 unspecified atom stereocenters. The Labute approximate surface area is 128 Å². The number of aromatic nitrogens is 1. The van der Waals surface area contributed by atoms with Crippen molar-refractivity contribution in [3.8, 4) is 0 Å². The monoisotopic (exact) mass is 304 g/mol. The van der Waals surface area contributed by atoms with E-state index in [4.69, 9.17) is 9.84 Å². The molecule has 1 aromatic carbocycles. The number of benzene rings is 1. The fourth-order valence-corrected chi connectivity index (χ4v) is 2.33. The highest BCUT2D eigenvalue weighted by molar-refractivity contribution is 5.86. The number of fused-ring (bicyclic) bond motifs is 1. The SMILES string of the molecule is Cc1cccc2c(CCC(=O)NCCOCC(=O)O)c[nH]c12. The van der Waals surface area contributed by atoms with Crippen LogP contribution in [0.2, 0.25) is 0 Å². The molecule has 0 atom stereocenters. The van der Waals surface area contributed by atoms with Crippen LogP contribution < -0.4 is 5.32 Å². The highest BCUT2D eigenvalue weighted by Gasteiger charge is 2.08. The molecule has 118 valence electrons. The molecule has 6 heteroatoms. The van der Waals surface area contributed by atoms with Crippen molar-refractivity contribution in [3.63, 3.8) is 0 Å². The summed E-state index contributed by atoms with van der Waals surface area (Å²) < 4.78 is 4.85. The highest BCUT2D eigenvalue weighted by Crippen LogP contribution is 2.22. The van der Waals surface area contributed by atoms with Gasteiger partial charge in [-0.3, -0.25) is 4.79 Å². The Bertz CT molecular complexity index is 663. The van der Waals surface area contributed by atoms with Crippen LogP contribution in [0.4, 0.5) is 0 Å². The third-order valence-electron chi connectivity index (χ3n) is 3.42. The van der Waals surface area contributed by atoms with E-state index in [0.717, 1.165) is 16.5 Å². The van der Waals surface area contributed by atoms with Crippen LogP contribution in [-0.2, 0) is 20.7 Å². The predicted molar refractivity (Wildman–Crippen MR) is 82.8 cm³/mol. The molecule has 2 aromatic rings. The van der Waals surface area contributed by atoms with Crippen molar-refractivity contribution >= 4 is 22.8 Å². The van der Waals surface area contributed by atoms with E-state index in [9.17, 15) is 9.59 Å². The zero-order valence-corrected chi connectivity index (χ0v) is 12.5. The van der Waals surface area contributed by atoms with Crippen molar-refractivity contribution < 1.29 is 19.4 Å². The molecule has 0 radical (unpaired) electrons. The van der Waals surface area contributed by atoms with E-state index in [2.05, 4.69) is 10.3 Å². The van der Waals surface area contributed by atoms with Crippen LogP contribution in [0.3, 0.4) is 0 Å². The van der Waals surface area contributed by atoms with E-state index in [1.165, 1.54) is 5.56 Å². The number of carbonyl (C=O) groups excluding carboxylic acids is 1. The van der Waals surface area contributed by atoms with Gasteiger partial charge in [-0.25, -0.2) is 4.79 Å². The Morgan fingerprint density at radius 2 is 2.18 bits per heavy atom. The molecular weight excluding hydrogens is 284 g/mol. The molecule has 0 aliphatic carbocycles. The van der Waals surface area contributed by atoms with Gasteiger partial charge in [0.25, 0.3) is 0 Å². The summed E-state index contributed by atoms with van der Waals surface area (Å²) in [6, 6.07) is 6.10. The second-order valence-corrected chi connectivity index (χ2v) is 5.11. The van der Waals surface area contributed by atoms with Crippen molar-refractivity contribution in [2.75, 3.05) is 19.8 Å². The van der Waals surface area contributed by atoms with E-state index in [0.29, 0.717) is 19.4 Å². The van der Waals surface area contributed by atoms with Crippen LogP contribution in [-0.4, -0.2) is 41.7 Å². The predicted octanol–water partition coefficient (Wildman–Crippen LogP) is 1.63. The molecule has 6 nitrogen and oxygen atoms in total. The van der Waals surface area contributed by atoms with Crippen molar-refractivity contribution in [2.24, 2.45) is 0 Å². The molecule has 1 amide bonds. The van der Waals surface area contributed by atoms with Gasteiger partial charge in [0.2, 0.25) is 5.91 Å². The number of hydrogen-bond donors (Lipinski definition) is 3. The van der Waals surface area contributed by atoms with Gasteiger partial charge in [-0.1, -0.05) is 18.2 Å². The van der Waals surface area contributed by atoms with Gasteiger partial charge >= 0.3 is 5.97 Å². The Kier molecular flexibility index (Phi) is 5.55. The quantitative estimate of drug-likeness (QED) is 0.646. The number of carboxylic acid groups (broad SMARTS) is 1. The number of rotatable bonds is 8. The number of amides is 1. The third kappa shape index (κ3) is 4.33. The maximum atomic E-state index is 11.7. The Balaban J connectivity index is 1.76. The number of nitrogens with one attached hydrogen (secondary N) is 2. The van der Waals surface area contributed by atoms with Gasteiger partial charge in [0.1, 0.15) is 6.61 Å². The largest absolute Gasteiger partial charge is 0.480 e. The summed E-state index contributed by atoms with van der Waals surface area (Å²) in [6.07, 6.45) is 2.99. The minimum Gasteiger partial charge on any atom is -0.480 e. The number of ether oxygens (including phenoxy) is 1. The number of aromatic amines is 1. The van der Waals surface area contributed by atoms with Crippen LogP contribution in [0, 0.1) is 6.92 Å². The molecule has 1 aromatic heterocycles. The van der Waals surface area contributed by atoms with Gasteiger partial charge in [-0.05, 0) is 24.5 Å². The molecule has 2 rings (SSSR count). The molecule has 3 N–H and O–H groups in total. The minimum atomic E-state index is -1.01. The van der Waals surface area contributed by atoms with Gasteiger partial charge in [-0.15, -0.1) is 0 Å². The number of carboxylic acids is 1. The number of aliphatic carboxylic acids is 1. The number of para-hydroxylation sites is 1. The van der Waals surface area contributed by atoms with E-state index in [1.54, 1.807) is 0 Å². The fourth-order valence-electron chi connectivity index (χ4n) is 2.33. The van der Waals surface area contributed by atoms with E-state index in [-0.39, 0.29) is 19.1 Å². The summed E-state index contributed by atoms with van der Waals surface area (Å²) in [5.41, 5.74) is 3.42. The summed E-state index contributed by atoms with van der Waals surface area (Å²) >= 11 is 0.